The maximum atomic E-state index is 10.1. The molecule has 0 spiro atoms. The molecule has 1 aromatic carbocycles. The van der Waals surface area contributed by atoms with E-state index in [1.54, 1.807) is 18.2 Å². The summed E-state index contributed by atoms with van der Waals surface area (Å²) in [5.41, 5.74) is 0.697. The second-order valence-electron chi connectivity index (χ2n) is 3.62. The largest absolute Gasteiger partial charge is 0.380 e. The van der Waals surface area contributed by atoms with Crippen molar-refractivity contribution in [3.8, 4) is 0 Å². The van der Waals surface area contributed by atoms with Gasteiger partial charge in [-0.25, -0.2) is 0 Å². The highest BCUT2D eigenvalue weighted by Gasteiger charge is 2.17. The van der Waals surface area contributed by atoms with Gasteiger partial charge in [0.1, 0.15) is 11.9 Å². The van der Waals surface area contributed by atoms with Crippen molar-refractivity contribution in [2.24, 2.45) is 4.99 Å². The lowest BCUT2D eigenvalue weighted by molar-refractivity contribution is 0.241. The van der Waals surface area contributed by atoms with Crippen molar-refractivity contribution in [1.82, 2.24) is 5.32 Å². The van der Waals surface area contributed by atoms with Crippen LogP contribution in [0.15, 0.2) is 23.2 Å². The highest BCUT2D eigenvalue weighted by Crippen LogP contribution is 2.26. The van der Waals surface area contributed by atoms with Crippen molar-refractivity contribution < 1.29 is 5.11 Å². The third-order valence-electron chi connectivity index (χ3n) is 2.44. The Morgan fingerprint density at radius 3 is 2.75 bits per heavy atom. The van der Waals surface area contributed by atoms with Crippen LogP contribution in [0.3, 0.4) is 0 Å². The molecule has 0 aliphatic carbocycles. The van der Waals surface area contributed by atoms with Gasteiger partial charge in [0, 0.05) is 13.1 Å². The maximum Gasteiger partial charge on any atom is 0.136 e. The summed E-state index contributed by atoms with van der Waals surface area (Å²) in [7, 11) is 0. The molecule has 1 atom stereocenters. The number of nitrogens with zero attached hydrogens (tertiary/aromatic N) is 1. The van der Waals surface area contributed by atoms with E-state index in [0.717, 1.165) is 19.5 Å². The maximum absolute atomic E-state index is 10.1. The molecule has 86 valence electrons. The van der Waals surface area contributed by atoms with Crippen molar-refractivity contribution in [1.29, 1.82) is 0 Å². The molecule has 1 unspecified atom stereocenters. The number of aliphatic imine (C=N–C) groups is 1. The van der Waals surface area contributed by atoms with Crippen LogP contribution >= 0.6 is 23.2 Å². The second-order valence-corrected chi connectivity index (χ2v) is 4.44. The molecule has 0 amide bonds. The van der Waals surface area contributed by atoms with Gasteiger partial charge in [-0.2, -0.15) is 0 Å². The van der Waals surface area contributed by atoms with E-state index in [1.165, 1.54) is 0 Å². The second kappa shape index (κ2) is 5.04. The molecule has 3 nitrogen and oxygen atoms in total. The lowest BCUT2D eigenvalue weighted by Gasteiger charge is -2.19. The van der Waals surface area contributed by atoms with Crippen molar-refractivity contribution in [2.45, 2.75) is 12.5 Å². The molecular weight excluding hydrogens is 247 g/mol. The molecule has 1 aromatic rings. The summed E-state index contributed by atoms with van der Waals surface area (Å²) in [6.45, 7) is 1.60. The Hall–Kier alpha value is -0.770. The predicted octanol–water partition coefficient (Wildman–Crippen LogP) is 2.42. The fourth-order valence-corrected chi connectivity index (χ4v) is 1.88. The monoisotopic (exact) mass is 258 g/mol. The number of aliphatic hydroxyl groups is 1. The summed E-state index contributed by atoms with van der Waals surface area (Å²) in [5.74, 6) is 0.602. The number of aliphatic hydroxyl groups excluding tert-OH is 1. The quantitative estimate of drug-likeness (QED) is 0.856. The van der Waals surface area contributed by atoms with Gasteiger partial charge in [0.15, 0.2) is 0 Å². The molecule has 0 aromatic heterocycles. The number of benzene rings is 1. The summed E-state index contributed by atoms with van der Waals surface area (Å²) in [6.07, 6.45) is 0.243. The molecule has 5 heteroatoms. The van der Waals surface area contributed by atoms with E-state index in [2.05, 4.69) is 10.3 Å². The average molecular weight is 259 g/mol. The Bertz CT molecular complexity index is 420. The highest BCUT2D eigenvalue weighted by atomic mass is 35.5. The molecule has 1 aliphatic rings. The molecule has 2 N–H and O–H groups in total. The number of halogens is 2. The third-order valence-corrected chi connectivity index (χ3v) is 3.18. The number of hydrogen-bond donors (Lipinski definition) is 2. The van der Waals surface area contributed by atoms with Crippen molar-refractivity contribution in [3.63, 3.8) is 0 Å². The SMILES string of the molecule is OC(C1=NCCCN1)c1ccc(Cl)c(Cl)c1. The molecule has 16 heavy (non-hydrogen) atoms. The van der Waals surface area contributed by atoms with Gasteiger partial charge in [0.25, 0.3) is 0 Å². The Labute approximate surface area is 104 Å². The van der Waals surface area contributed by atoms with Gasteiger partial charge < -0.3 is 10.4 Å². The number of nitrogens with one attached hydrogen (secondary N) is 1. The number of hydrogen-bond acceptors (Lipinski definition) is 3. The van der Waals surface area contributed by atoms with Crippen LogP contribution in [-0.2, 0) is 0 Å². The Morgan fingerprint density at radius 1 is 1.31 bits per heavy atom. The molecule has 0 bridgehead atoms. The minimum atomic E-state index is -0.755. The van der Waals surface area contributed by atoms with Crippen LogP contribution in [0, 0.1) is 0 Å². The van der Waals surface area contributed by atoms with Gasteiger partial charge >= 0.3 is 0 Å². The van der Waals surface area contributed by atoms with E-state index in [0.29, 0.717) is 21.4 Å². The van der Waals surface area contributed by atoms with Crippen LogP contribution in [0.2, 0.25) is 10.0 Å². The first-order valence-electron chi connectivity index (χ1n) is 5.09. The van der Waals surface area contributed by atoms with Gasteiger partial charge in [-0.15, -0.1) is 0 Å². The molecular formula is C11H12Cl2N2O. The van der Waals surface area contributed by atoms with E-state index in [-0.39, 0.29) is 0 Å². The van der Waals surface area contributed by atoms with E-state index >= 15 is 0 Å². The number of rotatable bonds is 2. The van der Waals surface area contributed by atoms with E-state index < -0.39 is 6.10 Å². The lowest BCUT2D eigenvalue weighted by Crippen LogP contribution is -2.34. The van der Waals surface area contributed by atoms with Gasteiger partial charge in [-0.1, -0.05) is 29.3 Å². The van der Waals surface area contributed by atoms with Crippen LogP contribution in [0.1, 0.15) is 18.1 Å². The zero-order valence-corrected chi connectivity index (χ0v) is 10.1. The molecule has 1 aliphatic heterocycles. The minimum absolute atomic E-state index is 0.439. The van der Waals surface area contributed by atoms with E-state index in [1.807, 2.05) is 0 Å². The average Bonchev–Trinajstić information content (AvgIpc) is 2.33. The fraction of sp³-hybridized carbons (Fsp3) is 0.364. The molecule has 0 saturated heterocycles. The first-order chi connectivity index (χ1) is 7.68. The van der Waals surface area contributed by atoms with Crippen LogP contribution < -0.4 is 5.32 Å². The Morgan fingerprint density at radius 2 is 2.12 bits per heavy atom. The Balaban J connectivity index is 2.22. The highest BCUT2D eigenvalue weighted by molar-refractivity contribution is 6.42. The topological polar surface area (TPSA) is 44.6 Å². The molecule has 0 fully saturated rings. The first kappa shape index (κ1) is 11.7. The van der Waals surface area contributed by atoms with Crippen molar-refractivity contribution in [3.05, 3.63) is 33.8 Å². The van der Waals surface area contributed by atoms with Crippen LogP contribution in [0.5, 0.6) is 0 Å². The molecule has 1 heterocycles. The van der Waals surface area contributed by atoms with E-state index in [9.17, 15) is 5.11 Å². The molecule has 0 saturated carbocycles. The number of amidine groups is 1. The van der Waals surface area contributed by atoms with Crippen LogP contribution in [0.4, 0.5) is 0 Å². The lowest BCUT2D eigenvalue weighted by atomic mass is 10.1. The summed E-state index contributed by atoms with van der Waals surface area (Å²) < 4.78 is 0. The molecule has 2 rings (SSSR count). The summed E-state index contributed by atoms with van der Waals surface area (Å²) in [6, 6.07) is 5.08. The standard InChI is InChI=1S/C11H12Cl2N2O/c12-8-3-2-7(6-9(8)13)10(16)11-14-4-1-5-15-11/h2-3,6,10,16H,1,4-5H2,(H,14,15). The fourth-order valence-electron chi connectivity index (χ4n) is 1.57. The summed E-state index contributed by atoms with van der Waals surface area (Å²) >= 11 is 11.7. The van der Waals surface area contributed by atoms with Gasteiger partial charge in [0.05, 0.1) is 10.0 Å². The van der Waals surface area contributed by atoms with Crippen molar-refractivity contribution >= 4 is 29.0 Å². The predicted molar refractivity (Wildman–Crippen MR) is 66.3 cm³/mol. The summed E-state index contributed by atoms with van der Waals surface area (Å²) in [4.78, 5) is 4.24. The van der Waals surface area contributed by atoms with Gasteiger partial charge in [-0.3, -0.25) is 4.99 Å². The van der Waals surface area contributed by atoms with E-state index in [4.69, 9.17) is 23.2 Å². The zero-order valence-electron chi connectivity index (χ0n) is 8.58. The minimum Gasteiger partial charge on any atom is -0.380 e. The zero-order chi connectivity index (χ0) is 11.5. The summed E-state index contributed by atoms with van der Waals surface area (Å²) in [5, 5.41) is 14.1. The third kappa shape index (κ3) is 2.48. The van der Waals surface area contributed by atoms with Gasteiger partial charge in [0.2, 0.25) is 0 Å². The Kier molecular flexibility index (Phi) is 3.69. The van der Waals surface area contributed by atoms with Crippen LogP contribution in [0.25, 0.3) is 0 Å². The first-order valence-corrected chi connectivity index (χ1v) is 5.85. The normalized spacial score (nSPS) is 17.6. The molecule has 0 radical (unpaired) electrons. The van der Waals surface area contributed by atoms with Gasteiger partial charge in [-0.05, 0) is 24.1 Å². The van der Waals surface area contributed by atoms with Crippen LogP contribution in [-0.4, -0.2) is 24.0 Å². The smallest absolute Gasteiger partial charge is 0.136 e. The van der Waals surface area contributed by atoms with Crippen molar-refractivity contribution in [2.75, 3.05) is 13.1 Å².